The highest BCUT2D eigenvalue weighted by molar-refractivity contribution is 5.80. The Bertz CT molecular complexity index is 994. The Kier molecular flexibility index (Phi) is 8.52. The smallest absolute Gasteiger partial charge is 0.320 e. The van der Waals surface area contributed by atoms with Crippen LogP contribution in [0.5, 0.6) is 5.75 Å². The van der Waals surface area contributed by atoms with E-state index in [1.807, 2.05) is 31.2 Å². The molecule has 2 aliphatic heterocycles. The molecule has 7 nitrogen and oxygen atoms in total. The number of methoxy groups -OCH3 is 1. The van der Waals surface area contributed by atoms with Crippen LogP contribution in [-0.2, 0) is 17.9 Å². The van der Waals surface area contributed by atoms with Crippen molar-refractivity contribution < 1.29 is 14.3 Å². The van der Waals surface area contributed by atoms with Gasteiger partial charge in [-0.05, 0) is 68.0 Å². The Morgan fingerprint density at radius 1 is 0.972 bits per heavy atom. The SMILES string of the molecule is CCN(C(=O)N(C)Cc1ccc(OC)cc1)C1(C=O)CCN(Cc2ccc(N3CCCC3)cc2)CC1. The van der Waals surface area contributed by atoms with Crippen molar-refractivity contribution in [2.75, 3.05) is 51.8 Å². The Labute approximate surface area is 215 Å². The number of carbonyl (C=O) groups is 2. The van der Waals surface area contributed by atoms with Crippen molar-refractivity contribution in [3.05, 3.63) is 59.7 Å². The number of hydrogen-bond donors (Lipinski definition) is 0. The monoisotopic (exact) mass is 492 g/mol. The molecule has 0 atom stereocenters. The number of amides is 2. The Balaban J connectivity index is 1.34. The summed E-state index contributed by atoms with van der Waals surface area (Å²) in [6, 6.07) is 16.5. The van der Waals surface area contributed by atoms with Crippen LogP contribution in [0.3, 0.4) is 0 Å². The molecule has 0 unspecified atom stereocenters. The van der Waals surface area contributed by atoms with Crippen LogP contribution in [0, 0.1) is 0 Å². The molecule has 2 aromatic carbocycles. The second kappa shape index (κ2) is 11.8. The minimum absolute atomic E-state index is 0.105. The number of piperidine rings is 1. The van der Waals surface area contributed by atoms with Crippen LogP contribution >= 0.6 is 0 Å². The molecular weight excluding hydrogens is 452 g/mol. The van der Waals surface area contributed by atoms with Crippen molar-refractivity contribution in [3.63, 3.8) is 0 Å². The lowest BCUT2D eigenvalue weighted by atomic mass is 9.87. The van der Waals surface area contributed by atoms with Gasteiger partial charge < -0.3 is 24.2 Å². The molecule has 0 spiro atoms. The highest BCUT2D eigenvalue weighted by atomic mass is 16.5. The van der Waals surface area contributed by atoms with Crippen molar-refractivity contribution in [2.45, 2.75) is 51.2 Å². The minimum Gasteiger partial charge on any atom is -0.497 e. The lowest BCUT2D eigenvalue weighted by Crippen LogP contribution is -2.60. The van der Waals surface area contributed by atoms with Gasteiger partial charge in [0.2, 0.25) is 0 Å². The summed E-state index contributed by atoms with van der Waals surface area (Å²) in [7, 11) is 3.44. The first-order valence-corrected chi connectivity index (χ1v) is 13.2. The quantitative estimate of drug-likeness (QED) is 0.486. The van der Waals surface area contributed by atoms with Crippen LogP contribution in [-0.4, -0.2) is 79.4 Å². The average Bonchev–Trinajstić information content (AvgIpc) is 3.46. The highest BCUT2D eigenvalue weighted by Gasteiger charge is 2.42. The van der Waals surface area contributed by atoms with Gasteiger partial charge in [-0.25, -0.2) is 4.79 Å². The molecule has 2 saturated heterocycles. The molecule has 2 fully saturated rings. The first-order chi connectivity index (χ1) is 17.5. The minimum atomic E-state index is -0.754. The van der Waals surface area contributed by atoms with Crippen molar-refractivity contribution >= 4 is 18.0 Å². The summed E-state index contributed by atoms with van der Waals surface area (Å²) in [5.41, 5.74) is 2.87. The molecule has 0 radical (unpaired) electrons. The molecule has 0 aromatic heterocycles. The number of anilines is 1. The van der Waals surface area contributed by atoms with E-state index in [-0.39, 0.29) is 6.03 Å². The van der Waals surface area contributed by atoms with E-state index in [0.717, 1.165) is 50.3 Å². The van der Waals surface area contributed by atoms with E-state index in [2.05, 4.69) is 34.1 Å². The third-order valence-corrected chi connectivity index (χ3v) is 7.75. The van der Waals surface area contributed by atoms with Crippen LogP contribution in [0.25, 0.3) is 0 Å². The van der Waals surface area contributed by atoms with Gasteiger partial charge in [0.1, 0.15) is 17.6 Å². The Hall–Kier alpha value is -3.06. The van der Waals surface area contributed by atoms with Gasteiger partial charge >= 0.3 is 6.03 Å². The zero-order valence-corrected chi connectivity index (χ0v) is 22.0. The van der Waals surface area contributed by atoms with Crippen molar-refractivity contribution in [1.29, 1.82) is 0 Å². The van der Waals surface area contributed by atoms with Gasteiger partial charge in [0.25, 0.3) is 0 Å². The first kappa shape index (κ1) is 26.0. The van der Waals surface area contributed by atoms with E-state index < -0.39 is 5.54 Å². The zero-order chi connectivity index (χ0) is 25.5. The summed E-state index contributed by atoms with van der Waals surface area (Å²) >= 11 is 0. The molecule has 0 bridgehead atoms. The molecule has 0 saturated carbocycles. The van der Waals surface area contributed by atoms with Gasteiger partial charge in [-0.15, -0.1) is 0 Å². The summed E-state index contributed by atoms with van der Waals surface area (Å²) in [6.07, 6.45) is 4.87. The van der Waals surface area contributed by atoms with Crippen molar-refractivity contribution in [3.8, 4) is 5.75 Å². The second-order valence-corrected chi connectivity index (χ2v) is 10.1. The predicted octanol–water partition coefficient (Wildman–Crippen LogP) is 4.40. The lowest BCUT2D eigenvalue weighted by molar-refractivity contribution is -0.120. The fraction of sp³-hybridized carbons (Fsp3) is 0.517. The van der Waals surface area contributed by atoms with Crippen LogP contribution in [0.4, 0.5) is 10.5 Å². The number of ether oxygens (including phenoxy) is 1. The number of likely N-dealkylation sites (N-methyl/N-ethyl adjacent to an activating group) is 1. The maximum absolute atomic E-state index is 13.4. The number of nitrogens with zero attached hydrogens (tertiary/aromatic N) is 4. The van der Waals surface area contributed by atoms with Crippen LogP contribution in [0.1, 0.15) is 43.7 Å². The largest absolute Gasteiger partial charge is 0.497 e. The van der Waals surface area contributed by atoms with E-state index in [1.165, 1.54) is 24.1 Å². The molecule has 36 heavy (non-hydrogen) atoms. The molecule has 2 heterocycles. The van der Waals surface area contributed by atoms with Crippen LogP contribution in [0.2, 0.25) is 0 Å². The first-order valence-electron chi connectivity index (χ1n) is 13.2. The fourth-order valence-corrected chi connectivity index (χ4v) is 5.51. The lowest BCUT2D eigenvalue weighted by Gasteiger charge is -2.46. The van der Waals surface area contributed by atoms with Gasteiger partial charge in [-0.3, -0.25) is 4.90 Å². The molecule has 0 aliphatic carbocycles. The topological polar surface area (TPSA) is 56.3 Å². The number of hydrogen-bond acceptors (Lipinski definition) is 5. The van der Waals surface area contributed by atoms with E-state index >= 15 is 0 Å². The van der Waals surface area contributed by atoms with Gasteiger partial charge in [-0.2, -0.15) is 0 Å². The number of carbonyl (C=O) groups excluding carboxylic acids is 2. The maximum Gasteiger partial charge on any atom is 0.320 e. The Morgan fingerprint density at radius 2 is 1.58 bits per heavy atom. The van der Waals surface area contributed by atoms with Crippen LogP contribution in [0.15, 0.2) is 48.5 Å². The summed E-state index contributed by atoms with van der Waals surface area (Å²) in [5.74, 6) is 0.789. The maximum atomic E-state index is 13.4. The van der Waals surface area contributed by atoms with Gasteiger partial charge in [0.15, 0.2) is 0 Å². The summed E-state index contributed by atoms with van der Waals surface area (Å²) in [5, 5.41) is 0. The molecular formula is C29H40N4O3. The third kappa shape index (κ3) is 5.84. The number of rotatable bonds is 9. The van der Waals surface area contributed by atoms with E-state index in [9.17, 15) is 9.59 Å². The van der Waals surface area contributed by atoms with E-state index in [4.69, 9.17) is 4.74 Å². The van der Waals surface area contributed by atoms with Gasteiger partial charge in [0.05, 0.1) is 7.11 Å². The van der Waals surface area contributed by atoms with Gasteiger partial charge in [0, 0.05) is 58.5 Å². The number of benzene rings is 2. The summed E-state index contributed by atoms with van der Waals surface area (Å²) in [6.45, 7) is 7.70. The van der Waals surface area contributed by atoms with Crippen molar-refractivity contribution in [1.82, 2.24) is 14.7 Å². The molecule has 2 aromatic rings. The second-order valence-electron chi connectivity index (χ2n) is 10.1. The molecule has 4 rings (SSSR count). The average molecular weight is 493 g/mol. The zero-order valence-electron chi connectivity index (χ0n) is 22.0. The summed E-state index contributed by atoms with van der Waals surface area (Å²) in [4.78, 5) is 34.2. The molecule has 2 amide bonds. The number of aldehydes is 1. The normalized spacial score (nSPS) is 17.6. The van der Waals surface area contributed by atoms with E-state index in [1.54, 1.807) is 24.0 Å². The predicted molar refractivity (Wildman–Crippen MR) is 143 cm³/mol. The molecule has 0 N–H and O–H groups in total. The van der Waals surface area contributed by atoms with E-state index in [0.29, 0.717) is 25.9 Å². The standard InChI is InChI=1S/C29H40N4O3/c1-4-33(28(35)30(2)21-24-9-13-27(36-3)14-10-24)29(23-34)15-19-31(20-16-29)22-25-7-11-26(12-8-25)32-17-5-6-18-32/h7-14,23H,4-6,15-22H2,1-3H3. The summed E-state index contributed by atoms with van der Waals surface area (Å²) < 4.78 is 5.22. The molecule has 7 heteroatoms. The highest BCUT2D eigenvalue weighted by Crippen LogP contribution is 2.30. The third-order valence-electron chi connectivity index (χ3n) is 7.75. The Morgan fingerprint density at radius 3 is 2.14 bits per heavy atom. The van der Waals surface area contributed by atoms with Crippen molar-refractivity contribution in [2.24, 2.45) is 0 Å². The number of urea groups is 1. The van der Waals surface area contributed by atoms with Gasteiger partial charge in [-0.1, -0.05) is 24.3 Å². The molecule has 2 aliphatic rings. The fourth-order valence-electron chi connectivity index (χ4n) is 5.51. The molecule has 194 valence electrons. The number of likely N-dealkylation sites (tertiary alicyclic amines) is 1. The van der Waals surface area contributed by atoms with Crippen LogP contribution < -0.4 is 9.64 Å².